The first kappa shape index (κ1) is 18.0. The molecule has 2 heterocycles. The van der Waals surface area contributed by atoms with Gasteiger partial charge in [-0.3, -0.25) is 0 Å². The Morgan fingerprint density at radius 3 is 2.92 bits per heavy atom. The molecule has 1 atom stereocenters. The van der Waals surface area contributed by atoms with E-state index in [1.54, 1.807) is 13.2 Å². The van der Waals surface area contributed by atoms with Gasteiger partial charge in [0.2, 0.25) is 5.95 Å². The van der Waals surface area contributed by atoms with Gasteiger partial charge in [-0.05, 0) is 30.7 Å². The Bertz CT molecular complexity index is 771. The number of nitrogens with zero attached hydrogens (tertiary/aromatic N) is 3. The van der Waals surface area contributed by atoms with Crippen LogP contribution in [0.15, 0.2) is 42.6 Å². The summed E-state index contributed by atoms with van der Waals surface area (Å²) >= 11 is 0. The fourth-order valence-corrected chi connectivity index (χ4v) is 3.14. The van der Waals surface area contributed by atoms with E-state index in [1.807, 2.05) is 36.1 Å². The number of ether oxygens (including phenoxy) is 1. The number of benzene rings is 1. The molecule has 7 heteroatoms. The highest BCUT2D eigenvalue weighted by Gasteiger charge is 2.27. The number of carbonyl (C=O) groups excluding carboxylic acids is 1. The Hall–Kier alpha value is -2.83. The fraction of sp³-hybridized carbons (Fsp3) is 0.368. The van der Waals surface area contributed by atoms with Gasteiger partial charge in [0.05, 0.1) is 7.11 Å². The summed E-state index contributed by atoms with van der Waals surface area (Å²) < 4.78 is 18.5. The van der Waals surface area contributed by atoms with E-state index in [-0.39, 0.29) is 12.1 Å². The van der Waals surface area contributed by atoms with Crippen molar-refractivity contribution in [3.05, 3.63) is 54.1 Å². The lowest BCUT2D eigenvalue weighted by Crippen LogP contribution is -2.56. The second-order valence-corrected chi connectivity index (χ2v) is 6.34. The summed E-state index contributed by atoms with van der Waals surface area (Å²) in [6.45, 7) is 4.32. The van der Waals surface area contributed by atoms with Gasteiger partial charge in [0.15, 0.2) is 0 Å². The quantitative estimate of drug-likeness (QED) is 0.854. The van der Waals surface area contributed by atoms with E-state index >= 15 is 0 Å². The topological polar surface area (TPSA) is 57.7 Å². The van der Waals surface area contributed by atoms with Gasteiger partial charge < -0.3 is 19.9 Å². The van der Waals surface area contributed by atoms with Gasteiger partial charge in [-0.2, -0.15) is 4.39 Å². The molecule has 1 aliphatic heterocycles. The summed E-state index contributed by atoms with van der Waals surface area (Å²) in [5.41, 5.74) is 1.78. The minimum Gasteiger partial charge on any atom is -0.497 e. The van der Waals surface area contributed by atoms with Crippen molar-refractivity contribution in [1.29, 1.82) is 0 Å². The number of carbonyl (C=O) groups is 1. The summed E-state index contributed by atoms with van der Waals surface area (Å²) in [6, 6.07) is 10.7. The molecule has 1 saturated heterocycles. The summed E-state index contributed by atoms with van der Waals surface area (Å²) in [5, 5.41) is 2.96. The van der Waals surface area contributed by atoms with Gasteiger partial charge >= 0.3 is 6.03 Å². The van der Waals surface area contributed by atoms with Crippen molar-refractivity contribution in [2.45, 2.75) is 19.5 Å². The second kappa shape index (κ2) is 8.03. The number of rotatable bonds is 4. The smallest absolute Gasteiger partial charge is 0.318 e. The van der Waals surface area contributed by atoms with Crippen LogP contribution in [-0.2, 0) is 6.54 Å². The molecule has 1 unspecified atom stereocenters. The number of halogens is 1. The normalized spacial score (nSPS) is 17.1. The first-order valence-electron chi connectivity index (χ1n) is 8.60. The molecule has 1 aliphatic rings. The predicted molar refractivity (Wildman–Crippen MR) is 97.8 cm³/mol. The molecule has 6 nitrogen and oxygen atoms in total. The minimum atomic E-state index is -0.492. The number of methoxy groups -OCH3 is 1. The highest BCUT2D eigenvalue weighted by atomic mass is 19.1. The molecule has 1 fully saturated rings. The van der Waals surface area contributed by atoms with Crippen molar-refractivity contribution < 1.29 is 13.9 Å². The van der Waals surface area contributed by atoms with Crippen molar-refractivity contribution >= 4 is 11.7 Å². The minimum absolute atomic E-state index is 0.0188. The number of hydrogen-bond acceptors (Lipinski definition) is 4. The molecule has 1 aromatic heterocycles. The second-order valence-electron chi connectivity index (χ2n) is 6.34. The summed E-state index contributed by atoms with van der Waals surface area (Å²) in [7, 11) is 1.62. The van der Waals surface area contributed by atoms with Crippen molar-refractivity contribution in [2.24, 2.45) is 0 Å². The van der Waals surface area contributed by atoms with Gasteiger partial charge in [0, 0.05) is 50.2 Å². The van der Waals surface area contributed by atoms with Crippen molar-refractivity contribution in [1.82, 2.24) is 15.2 Å². The number of amides is 2. The van der Waals surface area contributed by atoms with E-state index in [4.69, 9.17) is 4.74 Å². The zero-order valence-electron chi connectivity index (χ0n) is 15.0. The van der Waals surface area contributed by atoms with Gasteiger partial charge in [-0.1, -0.05) is 12.1 Å². The average Bonchev–Trinajstić information content (AvgIpc) is 2.66. The van der Waals surface area contributed by atoms with Crippen LogP contribution in [0.25, 0.3) is 0 Å². The van der Waals surface area contributed by atoms with E-state index in [0.29, 0.717) is 26.2 Å². The molecule has 3 rings (SSSR count). The predicted octanol–water partition coefficient (Wildman–Crippen LogP) is 2.65. The highest BCUT2D eigenvalue weighted by molar-refractivity contribution is 5.75. The molecule has 2 amide bonds. The molecule has 0 aliphatic carbocycles. The van der Waals surface area contributed by atoms with Crippen LogP contribution in [0.3, 0.4) is 0 Å². The Labute approximate surface area is 152 Å². The molecule has 1 aromatic carbocycles. The van der Waals surface area contributed by atoms with Crippen LogP contribution in [0, 0.1) is 5.95 Å². The molecular formula is C19H23FN4O2. The van der Waals surface area contributed by atoms with Gasteiger partial charge in [0.25, 0.3) is 0 Å². The first-order chi connectivity index (χ1) is 12.6. The summed E-state index contributed by atoms with van der Waals surface area (Å²) in [5.74, 6) is 0.275. The number of urea groups is 1. The van der Waals surface area contributed by atoms with Crippen LogP contribution in [0.5, 0.6) is 5.75 Å². The number of piperazine rings is 1. The maximum Gasteiger partial charge on any atom is 0.318 e. The maximum atomic E-state index is 13.3. The molecule has 26 heavy (non-hydrogen) atoms. The third-order valence-corrected chi connectivity index (χ3v) is 4.54. The zero-order valence-corrected chi connectivity index (χ0v) is 15.0. The van der Waals surface area contributed by atoms with Crippen molar-refractivity contribution in [3.63, 3.8) is 0 Å². The standard InChI is InChI=1S/C19H23FN4O2/c1-14-13-23(16-6-7-21-18(20)11-16)8-9-24(14)19(25)22-12-15-4-3-5-17(10-15)26-2/h3-7,10-11,14H,8-9,12-13H2,1-2H3,(H,22,25). The molecule has 1 N–H and O–H groups in total. The molecule has 0 saturated carbocycles. The number of hydrogen-bond donors (Lipinski definition) is 1. The van der Waals surface area contributed by atoms with E-state index in [1.165, 1.54) is 12.3 Å². The van der Waals surface area contributed by atoms with E-state index in [0.717, 1.165) is 17.0 Å². The van der Waals surface area contributed by atoms with Crippen LogP contribution < -0.4 is 15.0 Å². The molecule has 0 bridgehead atoms. The largest absolute Gasteiger partial charge is 0.497 e. The highest BCUT2D eigenvalue weighted by Crippen LogP contribution is 2.19. The molecule has 138 valence electrons. The van der Waals surface area contributed by atoms with E-state index in [9.17, 15) is 9.18 Å². The van der Waals surface area contributed by atoms with Crippen molar-refractivity contribution in [3.8, 4) is 5.75 Å². The lowest BCUT2D eigenvalue weighted by Gasteiger charge is -2.40. The Kier molecular flexibility index (Phi) is 5.55. The Morgan fingerprint density at radius 1 is 1.35 bits per heavy atom. The third-order valence-electron chi connectivity index (χ3n) is 4.54. The molecular weight excluding hydrogens is 335 g/mol. The van der Waals surface area contributed by atoms with Crippen molar-refractivity contribution in [2.75, 3.05) is 31.6 Å². The van der Waals surface area contributed by atoms with Gasteiger partial charge in [0.1, 0.15) is 5.75 Å². The van der Waals surface area contributed by atoms with Crippen LogP contribution >= 0.6 is 0 Å². The SMILES string of the molecule is COc1cccc(CNC(=O)N2CCN(c3ccnc(F)c3)CC2C)c1. The lowest BCUT2D eigenvalue weighted by molar-refractivity contribution is 0.171. The van der Waals surface area contributed by atoms with Gasteiger partial charge in [-0.25, -0.2) is 9.78 Å². The van der Waals surface area contributed by atoms with E-state index in [2.05, 4.69) is 15.2 Å². The maximum absolute atomic E-state index is 13.3. The molecule has 0 spiro atoms. The Balaban J connectivity index is 1.56. The van der Waals surface area contributed by atoms with Gasteiger partial charge in [-0.15, -0.1) is 0 Å². The lowest BCUT2D eigenvalue weighted by atomic mass is 10.1. The summed E-state index contributed by atoms with van der Waals surface area (Å²) in [6.07, 6.45) is 1.46. The number of aromatic nitrogens is 1. The van der Waals surface area contributed by atoms with E-state index < -0.39 is 5.95 Å². The number of anilines is 1. The average molecular weight is 358 g/mol. The first-order valence-corrected chi connectivity index (χ1v) is 8.60. The zero-order chi connectivity index (χ0) is 18.5. The summed E-state index contributed by atoms with van der Waals surface area (Å²) in [4.78, 5) is 20.0. The molecule has 2 aromatic rings. The molecule has 0 radical (unpaired) electrons. The van der Waals surface area contributed by atoms with Crippen LogP contribution in [-0.4, -0.2) is 48.7 Å². The number of nitrogens with one attached hydrogen (secondary N) is 1. The van der Waals surface area contributed by atoms with Crippen LogP contribution in [0.4, 0.5) is 14.9 Å². The number of pyridine rings is 1. The third kappa shape index (κ3) is 4.22. The van der Waals surface area contributed by atoms with Crippen LogP contribution in [0.1, 0.15) is 12.5 Å². The van der Waals surface area contributed by atoms with Crippen LogP contribution in [0.2, 0.25) is 0 Å². The Morgan fingerprint density at radius 2 is 2.19 bits per heavy atom. The monoisotopic (exact) mass is 358 g/mol. The fourth-order valence-electron chi connectivity index (χ4n) is 3.14.